The second kappa shape index (κ2) is 8.39. The number of nitrogens with zero attached hydrogens (tertiary/aromatic N) is 3. The molecule has 1 heterocycles. The number of amides is 1. The van der Waals surface area contributed by atoms with E-state index in [2.05, 4.69) is 10.4 Å². The topological polar surface area (TPSA) is 84.3 Å². The van der Waals surface area contributed by atoms with Crippen LogP contribution in [0, 0.1) is 13.8 Å². The Morgan fingerprint density at radius 1 is 1.07 bits per heavy atom. The molecule has 0 saturated carbocycles. The molecule has 0 atom stereocenters. The summed E-state index contributed by atoms with van der Waals surface area (Å²) in [5.74, 6) is -0.386. The molecule has 0 fully saturated rings. The summed E-state index contributed by atoms with van der Waals surface area (Å²) in [6, 6.07) is 11.1. The van der Waals surface area contributed by atoms with Gasteiger partial charge in [0.1, 0.15) is 4.90 Å². The lowest BCUT2D eigenvalue weighted by molar-refractivity contribution is 0.102. The molecule has 0 aliphatic heterocycles. The fraction of sp³-hybridized carbons (Fsp3) is 0.200. The van der Waals surface area contributed by atoms with Gasteiger partial charge >= 0.3 is 0 Å². The molecule has 0 bridgehead atoms. The molecular formula is C20H20Cl2N4O3S. The zero-order valence-corrected chi connectivity index (χ0v) is 19.1. The van der Waals surface area contributed by atoms with E-state index in [9.17, 15) is 13.2 Å². The first-order chi connectivity index (χ1) is 14.0. The summed E-state index contributed by atoms with van der Waals surface area (Å²) in [7, 11) is -0.920. The van der Waals surface area contributed by atoms with Crippen LogP contribution in [0.2, 0.25) is 10.0 Å². The van der Waals surface area contributed by atoms with E-state index in [4.69, 9.17) is 23.2 Å². The minimum atomic E-state index is -3.74. The minimum absolute atomic E-state index is 0.0783. The summed E-state index contributed by atoms with van der Waals surface area (Å²) in [6.07, 6.45) is 0. The third kappa shape index (κ3) is 4.22. The van der Waals surface area contributed by atoms with Crippen LogP contribution < -0.4 is 5.32 Å². The lowest BCUT2D eigenvalue weighted by Gasteiger charge is -2.14. The number of sulfonamides is 1. The maximum Gasteiger partial charge on any atom is 0.255 e. The Morgan fingerprint density at radius 3 is 2.23 bits per heavy atom. The SMILES string of the molecule is Cc1nn(-c2ccc(C(=O)Nc3ccc(Cl)c(S(=O)(=O)N(C)C)c3)cc2)c(C)c1Cl. The van der Waals surface area contributed by atoms with Crippen LogP contribution in [0.3, 0.4) is 0 Å². The van der Waals surface area contributed by atoms with Gasteiger partial charge in [0, 0.05) is 25.3 Å². The van der Waals surface area contributed by atoms with Gasteiger partial charge in [0.25, 0.3) is 5.91 Å². The van der Waals surface area contributed by atoms with Gasteiger partial charge in [-0.15, -0.1) is 0 Å². The highest BCUT2D eigenvalue weighted by atomic mass is 35.5. The van der Waals surface area contributed by atoms with Gasteiger partial charge in [0.2, 0.25) is 10.0 Å². The number of aryl methyl sites for hydroxylation is 1. The van der Waals surface area contributed by atoms with Crippen LogP contribution in [0.5, 0.6) is 0 Å². The fourth-order valence-corrected chi connectivity index (χ4v) is 4.32. The first-order valence-corrected chi connectivity index (χ1v) is 11.1. The number of halogens is 2. The van der Waals surface area contributed by atoms with Crippen LogP contribution in [0.25, 0.3) is 5.69 Å². The Morgan fingerprint density at radius 2 is 1.70 bits per heavy atom. The Labute approximate surface area is 185 Å². The lowest BCUT2D eigenvalue weighted by atomic mass is 10.2. The molecular weight excluding hydrogens is 447 g/mol. The normalized spacial score (nSPS) is 11.7. The van der Waals surface area contributed by atoms with E-state index in [1.165, 1.54) is 26.2 Å². The molecule has 10 heteroatoms. The molecule has 0 unspecified atom stereocenters. The second-order valence-electron chi connectivity index (χ2n) is 6.83. The van der Waals surface area contributed by atoms with Gasteiger partial charge < -0.3 is 5.32 Å². The Balaban J connectivity index is 1.84. The smallest absolute Gasteiger partial charge is 0.255 e. The standard InChI is InChI=1S/C20H20Cl2N4O3S/c1-12-19(22)13(2)26(24-12)16-8-5-14(6-9-16)20(27)23-15-7-10-17(21)18(11-15)30(28,29)25(3)4/h5-11H,1-4H3,(H,23,27). The number of carbonyl (C=O) groups excluding carboxylic acids is 1. The molecule has 1 N–H and O–H groups in total. The number of carbonyl (C=O) groups is 1. The van der Waals surface area contributed by atoms with Crippen LogP contribution in [0.15, 0.2) is 47.4 Å². The molecule has 30 heavy (non-hydrogen) atoms. The highest BCUT2D eigenvalue weighted by molar-refractivity contribution is 7.89. The molecule has 7 nitrogen and oxygen atoms in total. The second-order valence-corrected chi connectivity index (χ2v) is 9.74. The Bertz CT molecular complexity index is 1220. The van der Waals surface area contributed by atoms with Gasteiger partial charge in [-0.25, -0.2) is 17.4 Å². The fourth-order valence-electron chi connectivity index (χ4n) is 2.81. The highest BCUT2D eigenvalue weighted by Crippen LogP contribution is 2.27. The summed E-state index contributed by atoms with van der Waals surface area (Å²) >= 11 is 12.2. The maximum atomic E-state index is 12.6. The lowest BCUT2D eigenvalue weighted by Crippen LogP contribution is -2.23. The third-order valence-corrected chi connectivity index (χ3v) is 7.37. The molecule has 2 aromatic carbocycles. The summed E-state index contributed by atoms with van der Waals surface area (Å²) in [5.41, 5.74) is 3.02. The number of hydrogen-bond donors (Lipinski definition) is 1. The first kappa shape index (κ1) is 22.3. The van der Waals surface area contributed by atoms with Gasteiger partial charge in [-0.3, -0.25) is 4.79 Å². The molecule has 158 valence electrons. The van der Waals surface area contributed by atoms with Crippen molar-refractivity contribution in [2.24, 2.45) is 0 Å². The Hall–Kier alpha value is -2.39. The molecule has 3 aromatic rings. The quantitative estimate of drug-likeness (QED) is 0.607. The van der Waals surface area contributed by atoms with Crippen LogP contribution >= 0.6 is 23.2 Å². The van der Waals surface area contributed by atoms with E-state index in [0.717, 1.165) is 21.4 Å². The van der Waals surface area contributed by atoms with E-state index >= 15 is 0 Å². The van der Waals surface area contributed by atoms with Crippen molar-refractivity contribution in [3.63, 3.8) is 0 Å². The van der Waals surface area contributed by atoms with Crippen molar-refractivity contribution in [3.05, 3.63) is 69.5 Å². The summed E-state index contributed by atoms with van der Waals surface area (Å²) in [6.45, 7) is 3.69. The zero-order chi connectivity index (χ0) is 22.2. The molecule has 0 radical (unpaired) electrons. The molecule has 1 aromatic heterocycles. The van der Waals surface area contributed by atoms with E-state index < -0.39 is 10.0 Å². The number of aromatic nitrogens is 2. The summed E-state index contributed by atoms with van der Waals surface area (Å²) in [4.78, 5) is 12.5. The first-order valence-electron chi connectivity index (χ1n) is 8.88. The van der Waals surface area contributed by atoms with Gasteiger partial charge in [-0.2, -0.15) is 5.10 Å². The maximum absolute atomic E-state index is 12.6. The predicted molar refractivity (Wildman–Crippen MR) is 118 cm³/mol. The van der Waals surface area contributed by atoms with E-state index in [-0.39, 0.29) is 15.8 Å². The summed E-state index contributed by atoms with van der Waals surface area (Å²) in [5, 5.41) is 7.76. The average Bonchev–Trinajstić information content (AvgIpc) is 2.96. The minimum Gasteiger partial charge on any atom is -0.322 e. The average molecular weight is 467 g/mol. The molecule has 1 amide bonds. The van der Waals surface area contributed by atoms with Crippen molar-refractivity contribution >= 4 is 44.8 Å². The number of nitrogens with one attached hydrogen (secondary N) is 1. The number of benzene rings is 2. The van der Waals surface area contributed by atoms with Gasteiger partial charge in [0.05, 0.1) is 27.1 Å². The van der Waals surface area contributed by atoms with Crippen LogP contribution in [0.4, 0.5) is 5.69 Å². The van der Waals surface area contributed by atoms with Crippen molar-refractivity contribution in [1.82, 2.24) is 14.1 Å². The number of anilines is 1. The largest absolute Gasteiger partial charge is 0.322 e. The molecule has 0 aliphatic rings. The number of hydrogen-bond acceptors (Lipinski definition) is 4. The van der Waals surface area contributed by atoms with Gasteiger partial charge in [-0.1, -0.05) is 23.2 Å². The van der Waals surface area contributed by atoms with Crippen LogP contribution in [-0.2, 0) is 10.0 Å². The summed E-state index contributed by atoms with van der Waals surface area (Å²) < 4.78 is 27.6. The van der Waals surface area contributed by atoms with Crippen LogP contribution in [0.1, 0.15) is 21.7 Å². The number of rotatable bonds is 5. The van der Waals surface area contributed by atoms with Crippen molar-refractivity contribution in [1.29, 1.82) is 0 Å². The van der Waals surface area contributed by atoms with Gasteiger partial charge in [-0.05, 0) is 56.3 Å². The molecule has 3 rings (SSSR count). The third-order valence-electron chi connectivity index (χ3n) is 4.52. The predicted octanol–water partition coefficient (Wildman–Crippen LogP) is 4.30. The highest BCUT2D eigenvalue weighted by Gasteiger charge is 2.21. The van der Waals surface area contributed by atoms with Gasteiger partial charge in [0.15, 0.2) is 0 Å². The van der Waals surface area contributed by atoms with Crippen molar-refractivity contribution in [3.8, 4) is 5.69 Å². The van der Waals surface area contributed by atoms with E-state index in [1.807, 2.05) is 13.8 Å². The van der Waals surface area contributed by atoms with E-state index in [0.29, 0.717) is 16.3 Å². The van der Waals surface area contributed by atoms with Crippen molar-refractivity contribution in [2.45, 2.75) is 18.7 Å². The van der Waals surface area contributed by atoms with Crippen molar-refractivity contribution in [2.75, 3.05) is 19.4 Å². The zero-order valence-electron chi connectivity index (χ0n) is 16.8. The van der Waals surface area contributed by atoms with Crippen LogP contribution in [-0.4, -0.2) is 42.5 Å². The molecule has 0 aliphatic carbocycles. The van der Waals surface area contributed by atoms with E-state index in [1.54, 1.807) is 35.0 Å². The molecule has 0 spiro atoms. The molecule has 0 saturated heterocycles. The Kier molecular flexibility index (Phi) is 6.24. The monoisotopic (exact) mass is 466 g/mol. The van der Waals surface area contributed by atoms with Crippen molar-refractivity contribution < 1.29 is 13.2 Å².